The summed E-state index contributed by atoms with van der Waals surface area (Å²) in [6.07, 6.45) is -0.0247. The number of benzene rings is 1. The van der Waals surface area contributed by atoms with Gasteiger partial charge in [-0.1, -0.05) is 6.07 Å². The van der Waals surface area contributed by atoms with Crippen molar-refractivity contribution in [2.45, 2.75) is 46.8 Å². The first-order chi connectivity index (χ1) is 7.90. The number of ether oxygens (including phenoxy) is 2. The normalized spacial score (nSPS) is 10.8. The van der Waals surface area contributed by atoms with Crippen molar-refractivity contribution in [2.75, 3.05) is 0 Å². The van der Waals surface area contributed by atoms with Gasteiger partial charge in [0.1, 0.15) is 5.75 Å². The minimum atomic E-state index is -0.311. The van der Waals surface area contributed by atoms with E-state index in [1.165, 1.54) is 0 Å². The predicted molar refractivity (Wildman–Crippen MR) is 67.5 cm³/mol. The Morgan fingerprint density at radius 2 is 1.76 bits per heavy atom. The maximum Gasteiger partial charge on any atom is 0.338 e. The van der Waals surface area contributed by atoms with Crippen molar-refractivity contribution in [1.29, 1.82) is 0 Å². The average molecular weight is 236 g/mol. The Balaban J connectivity index is 2.91. The predicted octanol–water partition coefficient (Wildman–Crippen LogP) is 3.35. The van der Waals surface area contributed by atoms with Crippen LogP contribution >= 0.6 is 0 Å². The monoisotopic (exact) mass is 236 g/mol. The van der Waals surface area contributed by atoms with E-state index < -0.39 is 0 Å². The molecule has 0 aliphatic rings. The van der Waals surface area contributed by atoms with Gasteiger partial charge in [-0.2, -0.15) is 0 Å². The molecule has 0 bridgehead atoms. The molecule has 0 heterocycles. The summed E-state index contributed by atoms with van der Waals surface area (Å²) in [5.74, 6) is 0.423. The fourth-order valence-electron chi connectivity index (χ4n) is 1.39. The highest BCUT2D eigenvalue weighted by molar-refractivity contribution is 5.90. The zero-order chi connectivity index (χ0) is 13.0. The number of esters is 1. The third kappa shape index (κ3) is 4.10. The fourth-order valence-corrected chi connectivity index (χ4v) is 1.39. The van der Waals surface area contributed by atoms with Crippen LogP contribution in [0.4, 0.5) is 0 Å². The van der Waals surface area contributed by atoms with E-state index in [2.05, 4.69) is 0 Å². The summed E-state index contributed by atoms with van der Waals surface area (Å²) in [6, 6.07) is 5.36. The lowest BCUT2D eigenvalue weighted by atomic mass is 10.1. The second-order valence-corrected chi connectivity index (χ2v) is 4.60. The van der Waals surface area contributed by atoms with Crippen molar-refractivity contribution in [3.8, 4) is 5.75 Å². The third-order valence-electron chi connectivity index (χ3n) is 2.13. The molecule has 0 saturated heterocycles. The van der Waals surface area contributed by atoms with E-state index in [4.69, 9.17) is 9.47 Å². The van der Waals surface area contributed by atoms with E-state index in [0.29, 0.717) is 5.56 Å². The number of carbonyl (C=O) groups is 1. The largest absolute Gasteiger partial charge is 0.491 e. The lowest BCUT2D eigenvalue weighted by molar-refractivity contribution is 0.0377. The topological polar surface area (TPSA) is 35.5 Å². The Morgan fingerprint density at radius 1 is 1.12 bits per heavy atom. The average Bonchev–Trinajstić information content (AvgIpc) is 2.19. The van der Waals surface area contributed by atoms with E-state index in [-0.39, 0.29) is 18.2 Å². The molecule has 0 atom stereocenters. The standard InChI is InChI=1S/C14H20O3/c1-9(2)16-13-8-12(7-6-11(13)5)14(15)17-10(3)4/h6-10H,1-5H3. The molecule has 17 heavy (non-hydrogen) atoms. The van der Waals surface area contributed by atoms with Crippen LogP contribution in [0.1, 0.15) is 43.6 Å². The van der Waals surface area contributed by atoms with Gasteiger partial charge in [0.05, 0.1) is 17.8 Å². The van der Waals surface area contributed by atoms with E-state index in [1.54, 1.807) is 12.1 Å². The summed E-state index contributed by atoms with van der Waals surface area (Å²) in [7, 11) is 0. The maximum atomic E-state index is 11.7. The van der Waals surface area contributed by atoms with Gasteiger partial charge in [0.15, 0.2) is 0 Å². The Hall–Kier alpha value is -1.51. The van der Waals surface area contributed by atoms with Crippen molar-refractivity contribution in [2.24, 2.45) is 0 Å². The molecule has 0 spiro atoms. The Kier molecular flexibility index (Phi) is 4.55. The zero-order valence-corrected chi connectivity index (χ0v) is 11.1. The molecule has 0 unspecified atom stereocenters. The van der Waals surface area contributed by atoms with Crippen LogP contribution in [-0.4, -0.2) is 18.2 Å². The van der Waals surface area contributed by atoms with Crippen molar-refractivity contribution in [1.82, 2.24) is 0 Å². The molecular formula is C14H20O3. The van der Waals surface area contributed by atoms with Gasteiger partial charge in [-0.15, -0.1) is 0 Å². The van der Waals surface area contributed by atoms with Crippen molar-refractivity contribution >= 4 is 5.97 Å². The highest BCUT2D eigenvalue weighted by Crippen LogP contribution is 2.21. The summed E-state index contributed by atoms with van der Waals surface area (Å²) in [6.45, 7) is 9.53. The summed E-state index contributed by atoms with van der Waals surface area (Å²) in [4.78, 5) is 11.7. The van der Waals surface area contributed by atoms with Gasteiger partial charge in [0.2, 0.25) is 0 Å². The molecular weight excluding hydrogens is 216 g/mol. The lowest BCUT2D eigenvalue weighted by Gasteiger charge is -2.14. The Bertz CT molecular complexity index is 394. The van der Waals surface area contributed by atoms with Crippen molar-refractivity contribution in [3.63, 3.8) is 0 Å². The molecule has 0 aliphatic carbocycles. The van der Waals surface area contributed by atoms with Crippen LogP contribution in [0.25, 0.3) is 0 Å². The van der Waals surface area contributed by atoms with Gasteiger partial charge in [-0.3, -0.25) is 0 Å². The van der Waals surface area contributed by atoms with Crippen molar-refractivity contribution in [3.05, 3.63) is 29.3 Å². The molecule has 0 radical (unpaired) electrons. The number of aryl methyl sites for hydroxylation is 1. The molecule has 94 valence electrons. The van der Waals surface area contributed by atoms with E-state index in [0.717, 1.165) is 11.3 Å². The highest BCUT2D eigenvalue weighted by atomic mass is 16.5. The van der Waals surface area contributed by atoms with Gasteiger partial charge < -0.3 is 9.47 Å². The highest BCUT2D eigenvalue weighted by Gasteiger charge is 2.12. The summed E-state index contributed by atoms with van der Waals surface area (Å²) in [5, 5.41) is 0. The van der Waals surface area contributed by atoms with E-state index >= 15 is 0 Å². The first kappa shape index (κ1) is 13.6. The van der Waals surface area contributed by atoms with Gasteiger partial charge in [0, 0.05) is 0 Å². The van der Waals surface area contributed by atoms with Gasteiger partial charge in [0.25, 0.3) is 0 Å². The third-order valence-corrected chi connectivity index (χ3v) is 2.13. The summed E-state index contributed by atoms with van der Waals surface area (Å²) >= 11 is 0. The number of rotatable bonds is 4. The van der Waals surface area contributed by atoms with E-state index in [9.17, 15) is 4.79 Å². The van der Waals surface area contributed by atoms with Crippen LogP contribution in [0, 0.1) is 6.92 Å². The first-order valence-corrected chi connectivity index (χ1v) is 5.88. The van der Waals surface area contributed by atoms with Crippen LogP contribution in [0.2, 0.25) is 0 Å². The SMILES string of the molecule is Cc1ccc(C(=O)OC(C)C)cc1OC(C)C. The second kappa shape index (κ2) is 5.71. The van der Waals surface area contributed by atoms with Crippen LogP contribution in [-0.2, 0) is 4.74 Å². The minimum Gasteiger partial charge on any atom is -0.491 e. The molecule has 0 fully saturated rings. The van der Waals surface area contributed by atoms with E-state index in [1.807, 2.05) is 40.7 Å². The second-order valence-electron chi connectivity index (χ2n) is 4.60. The fraction of sp³-hybridized carbons (Fsp3) is 0.500. The molecule has 3 heteroatoms. The summed E-state index contributed by atoms with van der Waals surface area (Å²) < 4.78 is 10.8. The molecule has 1 aromatic carbocycles. The minimum absolute atomic E-state index is 0.0880. The Labute approximate surface area is 103 Å². The van der Waals surface area contributed by atoms with Gasteiger partial charge in [-0.25, -0.2) is 4.79 Å². The molecule has 1 rings (SSSR count). The van der Waals surface area contributed by atoms with Crippen LogP contribution in [0.15, 0.2) is 18.2 Å². The number of hydrogen-bond donors (Lipinski definition) is 0. The molecule has 1 aromatic rings. The number of hydrogen-bond acceptors (Lipinski definition) is 3. The summed E-state index contributed by atoms with van der Waals surface area (Å²) in [5.41, 5.74) is 1.54. The smallest absolute Gasteiger partial charge is 0.338 e. The zero-order valence-electron chi connectivity index (χ0n) is 11.1. The maximum absolute atomic E-state index is 11.7. The molecule has 0 aliphatic heterocycles. The lowest BCUT2D eigenvalue weighted by Crippen LogP contribution is -2.12. The van der Waals surface area contributed by atoms with Crippen LogP contribution in [0.5, 0.6) is 5.75 Å². The van der Waals surface area contributed by atoms with Gasteiger partial charge in [-0.05, 0) is 52.3 Å². The quantitative estimate of drug-likeness (QED) is 0.752. The molecule has 0 amide bonds. The van der Waals surface area contributed by atoms with Gasteiger partial charge >= 0.3 is 5.97 Å². The molecule has 0 aromatic heterocycles. The molecule has 0 N–H and O–H groups in total. The first-order valence-electron chi connectivity index (χ1n) is 5.88. The Morgan fingerprint density at radius 3 is 2.29 bits per heavy atom. The van der Waals surface area contributed by atoms with Crippen LogP contribution in [0.3, 0.4) is 0 Å². The van der Waals surface area contributed by atoms with Crippen LogP contribution < -0.4 is 4.74 Å². The van der Waals surface area contributed by atoms with Crippen molar-refractivity contribution < 1.29 is 14.3 Å². The number of carbonyl (C=O) groups excluding carboxylic acids is 1. The molecule has 3 nitrogen and oxygen atoms in total. The molecule has 0 saturated carbocycles.